The molecule has 4 heteroatoms. The first kappa shape index (κ1) is 13.5. The van der Waals surface area contributed by atoms with Crippen molar-refractivity contribution in [2.75, 3.05) is 33.9 Å². The zero-order chi connectivity index (χ0) is 12.0. The molecule has 1 amide bonds. The Kier molecular flexibility index (Phi) is 5.77. The Morgan fingerprint density at radius 3 is 2.62 bits per heavy atom. The van der Waals surface area contributed by atoms with Gasteiger partial charge in [-0.15, -0.1) is 0 Å². The van der Waals surface area contributed by atoms with E-state index >= 15 is 0 Å². The molecule has 1 aliphatic heterocycles. The average Bonchev–Trinajstić information content (AvgIpc) is 2.29. The van der Waals surface area contributed by atoms with Crippen LogP contribution in [0.1, 0.15) is 26.2 Å². The van der Waals surface area contributed by atoms with Crippen LogP contribution in [0, 0.1) is 5.92 Å². The molecule has 0 saturated carbocycles. The van der Waals surface area contributed by atoms with Crippen molar-refractivity contribution >= 4 is 5.91 Å². The van der Waals surface area contributed by atoms with Gasteiger partial charge in [-0.2, -0.15) is 0 Å². The summed E-state index contributed by atoms with van der Waals surface area (Å²) in [6.07, 6.45) is 2.75. The second-order valence-corrected chi connectivity index (χ2v) is 4.71. The Morgan fingerprint density at radius 2 is 2.12 bits per heavy atom. The Bertz CT molecular complexity index is 213. The molecule has 16 heavy (non-hydrogen) atoms. The maximum atomic E-state index is 11.9. The van der Waals surface area contributed by atoms with Gasteiger partial charge in [0.25, 0.3) is 0 Å². The summed E-state index contributed by atoms with van der Waals surface area (Å²) in [4.78, 5) is 13.9. The minimum Gasteiger partial charge on any atom is -0.384 e. The number of ether oxygens (including phenoxy) is 1. The van der Waals surface area contributed by atoms with Crippen LogP contribution in [-0.2, 0) is 9.53 Å². The Morgan fingerprint density at radius 1 is 1.50 bits per heavy atom. The summed E-state index contributed by atoms with van der Waals surface area (Å²) in [6, 6.07) is 0.584. The molecule has 0 aromatic carbocycles. The molecule has 1 fully saturated rings. The molecule has 1 unspecified atom stereocenters. The summed E-state index contributed by atoms with van der Waals surface area (Å²) in [5, 5.41) is 3.27. The molecule has 1 saturated heterocycles. The largest absolute Gasteiger partial charge is 0.384 e. The Balaban J connectivity index is 2.27. The summed E-state index contributed by atoms with van der Waals surface area (Å²) in [7, 11) is 3.67. The second-order valence-electron chi connectivity index (χ2n) is 4.71. The van der Waals surface area contributed by atoms with Gasteiger partial charge in [-0.3, -0.25) is 4.79 Å². The third-order valence-corrected chi connectivity index (χ3v) is 3.23. The summed E-state index contributed by atoms with van der Waals surface area (Å²) >= 11 is 0. The van der Waals surface area contributed by atoms with Gasteiger partial charge in [0.1, 0.15) is 0 Å². The number of piperidine rings is 1. The van der Waals surface area contributed by atoms with Crippen LogP contribution in [0.2, 0.25) is 0 Å². The van der Waals surface area contributed by atoms with E-state index in [1.807, 2.05) is 11.9 Å². The monoisotopic (exact) mass is 228 g/mol. The molecule has 0 bridgehead atoms. The first-order valence-electron chi connectivity index (χ1n) is 6.11. The highest BCUT2D eigenvalue weighted by Crippen LogP contribution is 2.13. The predicted molar refractivity (Wildman–Crippen MR) is 64.3 cm³/mol. The summed E-state index contributed by atoms with van der Waals surface area (Å²) < 4.78 is 5.05. The fourth-order valence-electron chi connectivity index (χ4n) is 2.19. The SMILES string of the molecule is CNC1CCN(C(=O)CC(C)COC)CC1. The lowest BCUT2D eigenvalue weighted by atomic mass is 10.0. The van der Waals surface area contributed by atoms with E-state index in [4.69, 9.17) is 4.74 Å². The van der Waals surface area contributed by atoms with Crippen LogP contribution in [0.25, 0.3) is 0 Å². The van der Waals surface area contributed by atoms with Gasteiger partial charge < -0.3 is 15.0 Å². The van der Waals surface area contributed by atoms with E-state index < -0.39 is 0 Å². The number of carbonyl (C=O) groups excluding carboxylic acids is 1. The van der Waals surface area contributed by atoms with Gasteiger partial charge >= 0.3 is 0 Å². The van der Waals surface area contributed by atoms with E-state index in [1.54, 1.807) is 7.11 Å². The Hall–Kier alpha value is -0.610. The van der Waals surface area contributed by atoms with E-state index in [0.29, 0.717) is 25.0 Å². The highest BCUT2D eigenvalue weighted by Gasteiger charge is 2.22. The molecule has 0 aliphatic carbocycles. The molecule has 1 atom stereocenters. The number of likely N-dealkylation sites (tertiary alicyclic amines) is 1. The fourth-order valence-corrected chi connectivity index (χ4v) is 2.19. The number of methoxy groups -OCH3 is 1. The number of carbonyl (C=O) groups is 1. The van der Waals surface area contributed by atoms with Gasteiger partial charge in [0.2, 0.25) is 5.91 Å². The van der Waals surface area contributed by atoms with E-state index in [0.717, 1.165) is 25.9 Å². The number of nitrogens with one attached hydrogen (secondary N) is 1. The molecule has 94 valence electrons. The fraction of sp³-hybridized carbons (Fsp3) is 0.917. The van der Waals surface area contributed by atoms with Crippen molar-refractivity contribution in [1.82, 2.24) is 10.2 Å². The molecule has 0 aromatic heterocycles. The number of nitrogens with zero attached hydrogens (tertiary/aromatic N) is 1. The Labute approximate surface area is 98.3 Å². The predicted octanol–water partition coefficient (Wildman–Crippen LogP) is 0.869. The van der Waals surface area contributed by atoms with Crippen LogP contribution in [0.3, 0.4) is 0 Å². The molecule has 1 aliphatic rings. The normalized spacial score (nSPS) is 19.8. The van der Waals surface area contributed by atoms with Crippen molar-refractivity contribution in [2.45, 2.75) is 32.2 Å². The van der Waals surface area contributed by atoms with Gasteiger partial charge in [0.15, 0.2) is 0 Å². The molecule has 0 aromatic rings. The van der Waals surface area contributed by atoms with Gasteiger partial charge in [0.05, 0.1) is 0 Å². The van der Waals surface area contributed by atoms with Gasteiger partial charge in [0, 0.05) is 39.3 Å². The van der Waals surface area contributed by atoms with Crippen molar-refractivity contribution in [3.8, 4) is 0 Å². The zero-order valence-electron chi connectivity index (χ0n) is 10.7. The molecule has 4 nitrogen and oxygen atoms in total. The minimum absolute atomic E-state index is 0.277. The van der Waals surface area contributed by atoms with Gasteiger partial charge in [-0.25, -0.2) is 0 Å². The smallest absolute Gasteiger partial charge is 0.222 e. The molecular weight excluding hydrogens is 204 g/mol. The zero-order valence-corrected chi connectivity index (χ0v) is 10.7. The van der Waals surface area contributed by atoms with E-state index in [-0.39, 0.29) is 5.91 Å². The van der Waals surface area contributed by atoms with Crippen molar-refractivity contribution in [3.63, 3.8) is 0 Å². The van der Waals surface area contributed by atoms with E-state index in [9.17, 15) is 4.79 Å². The highest BCUT2D eigenvalue weighted by atomic mass is 16.5. The summed E-state index contributed by atoms with van der Waals surface area (Å²) in [5.74, 6) is 0.596. The molecule has 1 rings (SSSR count). The van der Waals surface area contributed by atoms with Crippen LogP contribution < -0.4 is 5.32 Å². The number of amides is 1. The molecule has 1 heterocycles. The lowest BCUT2D eigenvalue weighted by molar-refractivity contribution is -0.133. The van der Waals surface area contributed by atoms with Crippen molar-refractivity contribution in [1.29, 1.82) is 0 Å². The second kappa shape index (κ2) is 6.86. The lowest BCUT2D eigenvalue weighted by Gasteiger charge is -2.32. The summed E-state index contributed by atoms with van der Waals surface area (Å²) in [5.41, 5.74) is 0. The van der Waals surface area contributed by atoms with Crippen LogP contribution in [0.4, 0.5) is 0 Å². The van der Waals surface area contributed by atoms with Crippen LogP contribution in [-0.4, -0.2) is 50.7 Å². The maximum absolute atomic E-state index is 11.9. The van der Waals surface area contributed by atoms with E-state index in [1.165, 1.54) is 0 Å². The number of hydrogen-bond donors (Lipinski definition) is 1. The number of hydrogen-bond acceptors (Lipinski definition) is 3. The third kappa shape index (κ3) is 4.10. The summed E-state index contributed by atoms with van der Waals surface area (Å²) in [6.45, 7) is 4.51. The van der Waals surface area contributed by atoms with Crippen LogP contribution >= 0.6 is 0 Å². The first-order valence-corrected chi connectivity index (χ1v) is 6.11. The van der Waals surface area contributed by atoms with Gasteiger partial charge in [-0.1, -0.05) is 6.92 Å². The molecule has 1 N–H and O–H groups in total. The molecular formula is C12H24N2O2. The van der Waals surface area contributed by atoms with Crippen molar-refractivity contribution < 1.29 is 9.53 Å². The van der Waals surface area contributed by atoms with Crippen molar-refractivity contribution in [2.24, 2.45) is 5.92 Å². The number of rotatable bonds is 5. The van der Waals surface area contributed by atoms with Gasteiger partial charge in [-0.05, 0) is 25.8 Å². The average molecular weight is 228 g/mol. The van der Waals surface area contributed by atoms with Crippen LogP contribution in [0.5, 0.6) is 0 Å². The molecule has 0 spiro atoms. The maximum Gasteiger partial charge on any atom is 0.222 e. The molecule has 0 radical (unpaired) electrons. The topological polar surface area (TPSA) is 41.6 Å². The van der Waals surface area contributed by atoms with Crippen LogP contribution in [0.15, 0.2) is 0 Å². The third-order valence-electron chi connectivity index (χ3n) is 3.23. The standard InChI is InChI=1S/C12H24N2O2/c1-10(9-16-3)8-12(15)14-6-4-11(13-2)5-7-14/h10-11,13H,4-9H2,1-3H3. The lowest BCUT2D eigenvalue weighted by Crippen LogP contribution is -2.44. The quantitative estimate of drug-likeness (QED) is 0.759. The highest BCUT2D eigenvalue weighted by molar-refractivity contribution is 5.76. The first-order chi connectivity index (χ1) is 7.67. The van der Waals surface area contributed by atoms with Crippen molar-refractivity contribution in [3.05, 3.63) is 0 Å². The van der Waals surface area contributed by atoms with E-state index in [2.05, 4.69) is 12.2 Å². The minimum atomic E-state index is 0.277.